The Hall–Kier alpha value is -3.85. The summed E-state index contributed by atoms with van der Waals surface area (Å²) < 4.78 is 16.5. The summed E-state index contributed by atoms with van der Waals surface area (Å²) in [5, 5.41) is 14.9. The molecule has 1 aliphatic heterocycles. The topological polar surface area (TPSA) is 117 Å². The number of benzene rings is 2. The maximum Gasteiger partial charge on any atom is 0.337 e. The van der Waals surface area contributed by atoms with Gasteiger partial charge in [-0.25, -0.2) is 4.79 Å². The van der Waals surface area contributed by atoms with Crippen molar-refractivity contribution in [1.29, 1.82) is 0 Å². The van der Waals surface area contributed by atoms with Gasteiger partial charge in [0.2, 0.25) is 0 Å². The molecule has 2 aromatic rings. The predicted octanol–water partition coefficient (Wildman–Crippen LogP) is 5.97. The summed E-state index contributed by atoms with van der Waals surface area (Å²) in [4.78, 5) is 38.3. The number of nitrogens with one attached hydrogen (secondary N) is 1. The van der Waals surface area contributed by atoms with Gasteiger partial charge in [-0.2, -0.15) is 0 Å². The first-order valence-electron chi connectivity index (χ1n) is 12.7. The number of nitro groups is 1. The van der Waals surface area contributed by atoms with Crippen molar-refractivity contribution in [3.05, 3.63) is 85.2 Å². The van der Waals surface area contributed by atoms with E-state index in [-0.39, 0.29) is 40.5 Å². The largest absolute Gasteiger partial charge is 0.493 e. The van der Waals surface area contributed by atoms with E-state index in [1.165, 1.54) is 12.1 Å². The molecule has 0 unspecified atom stereocenters. The molecular formula is C29H31ClN2O7. The van der Waals surface area contributed by atoms with Crippen molar-refractivity contribution >= 4 is 29.0 Å². The lowest BCUT2D eigenvalue weighted by atomic mass is 9.71. The van der Waals surface area contributed by atoms with Crippen LogP contribution in [0.5, 0.6) is 11.5 Å². The minimum absolute atomic E-state index is 0.0280. The number of Topliss-reactive ketones (excluding diaryl/α,β-unsaturated/α-hetero) is 1. The molecule has 0 bridgehead atoms. The van der Waals surface area contributed by atoms with Gasteiger partial charge in [0.25, 0.3) is 5.69 Å². The number of ketones is 1. The Balaban J connectivity index is 1.82. The van der Waals surface area contributed by atoms with Gasteiger partial charge in [-0.3, -0.25) is 14.9 Å². The number of carbonyl (C=O) groups is 2. The molecule has 1 aliphatic carbocycles. The van der Waals surface area contributed by atoms with Crippen LogP contribution >= 0.6 is 11.6 Å². The second-order valence-corrected chi connectivity index (χ2v) is 10.1. The molecule has 1 heterocycles. The molecule has 3 atom stereocenters. The van der Waals surface area contributed by atoms with Crippen molar-refractivity contribution in [1.82, 2.24) is 5.32 Å². The standard InChI is InChI=1S/C29H31ClN2O7/c1-6-15(2)39-29(34)26-16(3)31-21-11-19(17-8-10-24(37-4)25(14-17)38-5)13-23(33)28(21)27(26)18-7-9-20(30)22(12-18)32(35)36/h7-10,12,14-15,19,27,31H,6,11,13H2,1-5H3/t15-,19+,27-/m0/s1. The summed E-state index contributed by atoms with van der Waals surface area (Å²) in [5.74, 6) is -0.563. The summed E-state index contributed by atoms with van der Waals surface area (Å²) in [5.41, 5.74) is 2.91. The molecule has 4 rings (SSSR count). The Bertz CT molecular complexity index is 1400. The fraction of sp³-hybridized carbons (Fsp3) is 0.379. The molecule has 0 spiro atoms. The van der Waals surface area contributed by atoms with Crippen LogP contribution in [0, 0.1) is 10.1 Å². The highest BCUT2D eigenvalue weighted by molar-refractivity contribution is 6.32. The highest BCUT2D eigenvalue weighted by Gasteiger charge is 2.42. The zero-order chi connectivity index (χ0) is 28.4. The lowest BCUT2D eigenvalue weighted by Crippen LogP contribution is -2.36. The number of allylic oxidation sites excluding steroid dienone is 3. The molecule has 1 N–H and O–H groups in total. The lowest BCUT2D eigenvalue weighted by Gasteiger charge is -2.37. The first-order chi connectivity index (χ1) is 18.6. The van der Waals surface area contributed by atoms with E-state index in [1.54, 1.807) is 40.2 Å². The molecule has 0 saturated heterocycles. The van der Waals surface area contributed by atoms with Gasteiger partial charge >= 0.3 is 5.97 Å². The zero-order valence-electron chi connectivity index (χ0n) is 22.5. The van der Waals surface area contributed by atoms with Gasteiger partial charge in [-0.15, -0.1) is 0 Å². The van der Waals surface area contributed by atoms with Gasteiger partial charge in [0, 0.05) is 35.4 Å². The van der Waals surface area contributed by atoms with Gasteiger partial charge < -0.3 is 19.5 Å². The molecule has 0 amide bonds. The van der Waals surface area contributed by atoms with Crippen LogP contribution in [0.4, 0.5) is 5.69 Å². The van der Waals surface area contributed by atoms with E-state index in [2.05, 4.69) is 5.32 Å². The molecule has 0 fully saturated rings. The minimum Gasteiger partial charge on any atom is -0.493 e. The van der Waals surface area contributed by atoms with Gasteiger partial charge in [-0.05, 0) is 61.9 Å². The van der Waals surface area contributed by atoms with Gasteiger partial charge in [0.1, 0.15) is 5.02 Å². The van der Waals surface area contributed by atoms with E-state index in [4.69, 9.17) is 25.8 Å². The molecule has 2 aromatic carbocycles. The number of ether oxygens (including phenoxy) is 3. The minimum atomic E-state index is -0.840. The van der Waals surface area contributed by atoms with E-state index >= 15 is 0 Å². The van der Waals surface area contributed by atoms with Crippen molar-refractivity contribution in [3.63, 3.8) is 0 Å². The Labute approximate surface area is 231 Å². The average molecular weight is 555 g/mol. The van der Waals surface area contributed by atoms with Crippen molar-refractivity contribution in [2.75, 3.05) is 14.2 Å². The number of hydrogen-bond donors (Lipinski definition) is 1. The van der Waals surface area contributed by atoms with Crippen LogP contribution in [0.1, 0.15) is 63.0 Å². The smallest absolute Gasteiger partial charge is 0.337 e. The number of carbonyl (C=O) groups excluding carboxylic acids is 2. The summed E-state index contributed by atoms with van der Waals surface area (Å²) in [6.07, 6.45) is 0.954. The Morgan fingerprint density at radius 3 is 2.46 bits per heavy atom. The predicted molar refractivity (Wildman–Crippen MR) is 146 cm³/mol. The number of hydrogen-bond acceptors (Lipinski definition) is 8. The molecule has 10 heteroatoms. The average Bonchev–Trinajstić information content (AvgIpc) is 2.91. The maximum absolute atomic E-state index is 13.8. The summed E-state index contributed by atoms with van der Waals surface area (Å²) in [7, 11) is 3.12. The fourth-order valence-corrected chi connectivity index (χ4v) is 5.35. The third-order valence-electron chi connectivity index (χ3n) is 7.31. The van der Waals surface area contributed by atoms with Crippen LogP contribution in [-0.4, -0.2) is 37.0 Å². The van der Waals surface area contributed by atoms with Crippen LogP contribution in [0.2, 0.25) is 5.02 Å². The number of esters is 1. The number of methoxy groups -OCH3 is 2. The quantitative estimate of drug-likeness (QED) is 0.241. The van der Waals surface area contributed by atoms with Crippen LogP contribution in [0.3, 0.4) is 0 Å². The third-order valence-corrected chi connectivity index (χ3v) is 7.63. The number of dihydropyridines is 1. The Kier molecular flexibility index (Phi) is 8.30. The normalized spacial score (nSPS) is 19.7. The molecule has 9 nitrogen and oxygen atoms in total. The molecular weight excluding hydrogens is 524 g/mol. The third kappa shape index (κ3) is 5.49. The molecule has 206 valence electrons. The number of rotatable bonds is 8. The highest BCUT2D eigenvalue weighted by atomic mass is 35.5. The first kappa shape index (κ1) is 28.2. The number of nitrogens with zero attached hydrogens (tertiary/aromatic N) is 1. The molecule has 0 saturated carbocycles. The second-order valence-electron chi connectivity index (χ2n) is 9.72. The zero-order valence-corrected chi connectivity index (χ0v) is 23.3. The maximum atomic E-state index is 13.8. The Morgan fingerprint density at radius 1 is 1.13 bits per heavy atom. The van der Waals surface area contributed by atoms with Crippen molar-refractivity contribution < 1.29 is 28.7 Å². The number of nitro benzene ring substituents is 1. The SMILES string of the molecule is CC[C@H](C)OC(=O)C1=C(C)NC2=C(C(=O)C[C@H](c3ccc(OC)c(OC)c3)C2)[C@H]1c1ccc(Cl)c([N+](=O)[O-])c1. The van der Waals surface area contributed by atoms with E-state index in [9.17, 15) is 19.7 Å². The van der Waals surface area contributed by atoms with Gasteiger partial charge in [0.05, 0.1) is 30.8 Å². The van der Waals surface area contributed by atoms with Crippen LogP contribution < -0.4 is 14.8 Å². The first-order valence-corrected chi connectivity index (χ1v) is 13.1. The lowest BCUT2D eigenvalue weighted by molar-refractivity contribution is -0.384. The van der Waals surface area contributed by atoms with E-state index in [1.807, 2.05) is 19.1 Å². The molecule has 0 radical (unpaired) electrons. The van der Waals surface area contributed by atoms with Gasteiger partial charge in [0.15, 0.2) is 17.3 Å². The molecule has 0 aromatic heterocycles. The molecule has 2 aliphatic rings. The monoisotopic (exact) mass is 554 g/mol. The van der Waals surface area contributed by atoms with Crippen LogP contribution in [0.15, 0.2) is 58.9 Å². The highest BCUT2D eigenvalue weighted by Crippen LogP contribution is 2.47. The fourth-order valence-electron chi connectivity index (χ4n) is 5.16. The Morgan fingerprint density at radius 2 is 1.82 bits per heavy atom. The summed E-state index contributed by atoms with van der Waals surface area (Å²) >= 11 is 6.09. The van der Waals surface area contributed by atoms with Crippen LogP contribution in [-0.2, 0) is 14.3 Å². The van der Waals surface area contributed by atoms with E-state index in [0.29, 0.717) is 46.9 Å². The van der Waals surface area contributed by atoms with Crippen molar-refractivity contribution in [2.24, 2.45) is 0 Å². The number of halogens is 1. The molecule has 39 heavy (non-hydrogen) atoms. The van der Waals surface area contributed by atoms with Crippen molar-refractivity contribution in [3.8, 4) is 11.5 Å². The van der Waals surface area contributed by atoms with Crippen molar-refractivity contribution in [2.45, 2.75) is 58.0 Å². The summed E-state index contributed by atoms with van der Waals surface area (Å²) in [6, 6.07) is 9.95. The van der Waals surface area contributed by atoms with Gasteiger partial charge in [-0.1, -0.05) is 30.7 Å². The second kappa shape index (κ2) is 11.5. The summed E-state index contributed by atoms with van der Waals surface area (Å²) in [6.45, 7) is 5.44. The van der Waals surface area contributed by atoms with E-state index < -0.39 is 16.8 Å². The van der Waals surface area contributed by atoms with Crippen LogP contribution in [0.25, 0.3) is 0 Å². The van der Waals surface area contributed by atoms with E-state index in [0.717, 1.165) is 5.56 Å².